The lowest BCUT2D eigenvalue weighted by molar-refractivity contribution is 0.122. The first kappa shape index (κ1) is 10.7. The van der Waals surface area contributed by atoms with Crippen molar-refractivity contribution in [1.82, 2.24) is 5.32 Å². The molecule has 2 heteroatoms. The first-order chi connectivity index (χ1) is 5.07. The van der Waals surface area contributed by atoms with Crippen LogP contribution in [0.5, 0.6) is 0 Å². The van der Waals surface area contributed by atoms with Crippen LogP contribution in [0.2, 0.25) is 0 Å². The Morgan fingerprint density at radius 3 is 2.36 bits per heavy atom. The van der Waals surface area contributed by atoms with Gasteiger partial charge in [0.1, 0.15) is 0 Å². The molecule has 0 aromatic carbocycles. The normalized spacial score (nSPS) is 16.5. The molecule has 2 nitrogen and oxygen atoms in total. The first-order valence-corrected chi connectivity index (χ1v) is 4.12. The van der Waals surface area contributed by atoms with Gasteiger partial charge < -0.3 is 10.4 Å². The molecular weight excluding hydrogens is 138 g/mol. The summed E-state index contributed by atoms with van der Waals surface area (Å²) < 4.78 is 0. The molecule has 0 saturated carbocycles. The average Bonchev–Trinajstić information content (AvgIpc) is 1.99. The van der Waals surface area contributed by atoms with Gasteiger partial charge in [0.25, 0.3) is 0 Å². The van der Waals surface area contributed by atoms with Crippen molar-refractivity contribution in [1.29, 1.82) is 0 Å². The van der Waals surface area contributed by atoms with Crippen LogP contribution in [-0.4, -0.2) is 23.8 Å². The summed E-state index contributed by atoms with van der Waals surface area (Å²) >= 11 is 0. The molecule has 2 atom stereocenters. The maximum Gasteiger partial charge on any atom is 0.0687 e. The molecule has 0 aromatic heterocycles. The second-order valence-electron chi connectivity index (χ2n) is 3.24. The van der Waals surface area contributed by atoms with Gasteiger partial charge in [0.05, 0.1) is 6.10 Å². The third-order valence-corrected chi connectivity index (χ3v) is 1.77. The van der Waals surface area contributed by atoms with Gasteiger partial charge >= 0.3 is 0 Å². The molecule has 0 bridgehead atoms. The molecule has 11 heavy (non-hydrogen) atoms. The summed E-state index contributed by atoms with van der Waals surface area (Å²) in [5.41, 5.74) is 0. The molecule has 0 aliphatic rings. The van der Waals surface area contributed by atoms with Crippen LogP contribution in [0.3, 0.4) is 0 Å². The second kappa shape index (κ2) is 5.33. The summed E-state index contributed by atoms with van der Waals surface area (Å²) in [6.07, 6.45) is 1.57. The van der Waals surface area contributed by atoms with Crippen LogP contribution < -0.4 is 5.32 Å². The molecule has 0 aromatic rings. The number of hydrogen-bond donors (Lipinski definition) is 2. The van der Waals surface area contributed by atoms with E-state index in [4.69, 9.17) is 0 Å². The van der Waals surface area contributed by atoms with Crippen molar-refractivity contribution in [3.05, 3.63) is 12.7 Å². The van der Waals surface area contributed by atoms with Crippen molar-refractivity contribution in [2.75, 3.05) is 6.54 Å². The van der Waals surface area contributed by atoms with Gasteiger partial charge in [0, 0.05) is 12.6 Å². The highest BCUT2D eigenvalue weighted by Gasteiger charge is 2.08. The molecule has 0 amide bonds. The zero-order chi connectivity index (χ0) is 8.85. The van der Waals surface area contributed by atoms with Gasteiger partial charge in [-0.1, -0.05) is 19.9 Å². The summed E-state index contributed by atoms with van der Waals surface area (Å²) in [6.45, 7) is 10.3. The molecule has 0 heterocycles. The van der Waals surface area contributed by atoms with Crippen LogP contribution in [0, 0.1) is 5.92 Å². The molecule has 0 radical (unpaired) electrons. The van der Waals surface area contributed by atoms with Crippen LogP contribution in [0.4, 0.5) is 0 Å². The van der Waals surface area contributed by atoms with Gasteiger partial charge in [-0.15, -0.1) is 6.58 Å². The molecule has 0 rings (SSSR count). The predicted octanol–water partition coefficient (Wildman–Crippen LogP) is 1.17. The van der Waals surface area contributed by atoms with E-state index in [-0.39, 0.29) is 12.1 Å². The van der Waals surface area contributed by atoms with E-state index in [1.165, 1.54) is 0 Å². The summed E-state index contributed by atoms with van der Waals surface area (Å²) in [7, 11) is 0. The third-order valence-electron chi connectivity index (χ3n) is 1.77. The Morgan fingerprint density at radius 2 is 2.00 bits per heavy atom. The maximum atomic E-state index is 9.37. The van der Waals surface area contributed by atoms with Crippen molar-refractivity contribution in [2.45, 2.75) is 32.9 Å². The van der Waals surface area contributed by atoms with Gasteiger partial charge in [-0.25, -0.2) is 0 Å². The molecule has 0 aliphatic carbocycles. The number of aliphatic hydroxyl groups excluding tert-OH is 1. The van der Waals surface area contributed by atoms with Crippen LogP contribution in [-0.2, 0) is 0 Å². The Kier molecular flexibility index (Phi) is 5.16. The largest absolute Gasteiger partial charge is 0.392 e. The van der Waals surface area contributed by atoms with Gasteiger partial charge in [-0.2, -0.15) is 0 Å². The van der Waals surface area contributed by atoms with Gasteiger partial charge in [0.2, 0.25) is 0 Å². The topological polar surface area (TPSA) is 32.3 Å². The van der Waals surface area contributed by atoms with Gasteiger partial charge in [0.15, 0.2) is 0 Å². The Morgan fingerprint density at radius 1 is 1.45 bits per heavy atom. The molecule has 2 N–H and O–H groups in total. The SMILES string of the molecule is C=CC(C)NCC(O)C(C)C. The van der Waals surface area contributed by atoms with E-state index in [2.05, 4.69) is 11.9 Å². The van der Waals surface area contributed by atoms with Crippen molar-refractivity contribution < 1.29 is 5.11 Å². The minimum Gasteiger partial charge on any atom is -0.392 e. The van der Waals surface area contributed by atoms with Crippen LogP contribution in [0.15, 0.2) is 12.7 Å². The highest BCUT2D eigenvalue weighted by Crippen LogP contribution is 1.99. The van der Waals surface area contributed by atoms with E-state index >= 15 is 0 Å². The quantitative estimate of drug-likeness (QED) is 0.587. The maximum absolute atomic E-state index is 9.37. The second-order valence-corrected chi connectivity index (χ2v) is 3.24. The molecule has 0 spiro atoms. The smallest absolute Gasteiger partial charge is 0.0687 e. The lowest BCUT2D eigenvalue weighted by Gasteiger charge is -2.17. The monoisotopic (exact) mass is 157 g/mol. The lowest BCUT2D eigenvalue weighted by Crippen LogP contribution is -2.35. The van der Waals surface area contributed by atoms with E-state index < -0.39 is 0 Å². The molecule has 0 fully saturated rings. The number of aliphatic hydroxyl groups is 1. The fourth-order valence-electron chi connectivity index (χ4n) is 0.626. The van der Waals surface area contributed by atoms with E-state index in [0.717, 1.165) is 0 Å². The molecule has 66 valence electrons. The van der Waals surface area contributed by atoms with Crippen molar-refractivity contribution in [2.24, 2.45) is 5.92 Å². The Labute approximate surface area is 69.3 Å². The summed E-state index contributed by atoms with van der Waals surface area (Å²) in [5.74, 6) is 0.319. The van der Waals surface area contributed by atoms with E-state index in [0.29, 0.717) is 12.5 Å². The summed E-state index contributed by atoms with van der Waals surface area (Å²) in [6, 6.07) is 0.281. The van der Waals surface area contributed by atoms with Gasteiger partial charge in [-0.05, 0) is 12.8 Å². The van der Waals surface area contributed by atoms with E-state index in [1.807, 2.05) is 26.8 Å². The zero-order valence-corrected chi connectivity index (χ0v) is 7.67. The fourth-order valence-corrected chi connectivity index (χ4v) is 0.626. The highest BCUT2D eigenvalue weighted by molar-refractivity contribution is 4.82. The van der Waals surface area contributed by atoms with E-state index in [9.17, 15) is 5.11 Å². The predicted molar refractivity (Wildman–Crippen MR) is 48.5 cm³/mol. The van der Waals surface area contributed by atoms with Crippen molar-refractivity contribution in [3.8, 4) is 0 Å². The standard InChI is InChI=1S/C9H19NO/c1-5-8(4)10-6-9(11)7(2)3/h5,7-11H,1,6H2,2-4H3. The minimum absolute atomic E-state index is 0.252. The first-order valence-electron chi connectivity index (χ1n) is 4.12. The highest BCUT2D eigenvalue weighted by atomic mass is 16.3. The molecular formula is C9H19NO. The Bertz CT molecular complexity index is 112. The van der Waals surface area contributed by atoms with Gasteiger partial charge in [-0.3, -0.25) is 0 Å². The number of nitrogens with one attached hydrogen (secondary N) is 1. The number of rotatable bonds is 5. The lowest BCUT2D eigenvalue weighted by atomic mass is 10.1. The fraction of sp³-hybridized carbons (Fsp3) is 0.778. The van der Waals surface area contributed by atoms with E-state index in [1.54, 1.807) is 0 Å². The third kappa shape index (κ3) is 4.99. The Hall–Kier alpha value is -0.340. The molecule has 0 saturated heterocycles. The number of hydrogen-bond acceptors (Lipinski definition) is 2. The minimum atomic E-state index is -0.252. The molecule has 0 aliphatic heterocycles. The summed E-state index contributed by atoms with van der Waals surface area (Å²) in [5, 5.41) is 12.5. The van der Waals surface area contributed by atoms with Crippen molar-refractivity contribution in [3.63, 3.8) is 0 Å². The zero-order valence-electron chi connectivity index (χ0n) is 7.67. The van der Waals surface area contributed by atoms with Crippen LogP contribution in [0.1, 0.15) is 20.8 Å². The Balaban J connectivity index is 3.45. The average molecular weight is 157 g/mol. The van der Waals surface area contributed by atoms with Crippen molar-refractivity contribution >= 4 is 0 Å². The summed E-state index contributed by atoms with van der Waals surface area (Å²) in [4.78, 5) is 0. The van der Waals surface area contributed by atoms with Crippen LogP contribution in [0.25, 0.3) is 0 Å². The molecule has 2 unspecified atom stereocenters. The van der Waals surface area contributed by atoms with Crippen LogP contribution >= 0.6 is 0 Å².